The van der Waals surface area contributed by atoms with Crippen LogP contribution in [0.15, 0.2) is 12.4 Å². The molecule has 1 unspecified atom stereocenters. The van der Waals surface area contributed by atoms with Crippen molar-refractivity contribution in [2.24, 2.45) is 0 Å². The number of rotatable bonds is 5. The zero-order valence-electron chi connectivity index (χ0n) is 17.0. The first-order chi connectivity index (χ1) is 13.8. The Hall–Kier alpha value is -1.94. The van der Waals surface area contributed by atoms with Crippen molar-refractivity contribution in [2.45, 2.75) is 32.2 Å². The number of nitrogen functional groups attached to an aromatic ring is 1. The van der Waals surface area contributed by atoms with Crippen molar-refractivity contribution in [3.63, 3.8) is 0 Å². The largest absolute Gasteiger partial charge is 0.496 e. The molecule has 3 aromatic rings. The van der Waals surface area contributed by atoms with Crippen molar-refractivity contribution in [2.75, 3.05) is 25.9 Å². The zero-order valence-corrected chi connectivity index (χ0v) is 19.4. The van der Waals surface area contributed by atoms with Crippen molar-refractivity contribution in [1.82, 2.24) is 25.1 Å². The summed E-state index contributed by atoms with van der Waals surface area (Å²) in [7, 11) is 1.60. The van der Waals surface area contributed by atoms with Gasteiger partial charge in [0.1, 0.15) is 23.6 Å². The molecule has 7 nitrogen and oxygen atoms in total. The highest BCUT2D eigenvalue weighted by atomic mass is 35.5. The van der Waals surface area contributed by atoms with Crippen molar-refractivity contribution in [1.29, 1.82) is 0 Å². The first-order valence-corrected chi connectivity index (χ1v) is 9.57. The first kappa shape index (κ1) is 25.3. The van der Waals surface area contributed by atoms with Crippen LogP contribution in [-0.2, 0) is 0 Å². The number of halogens is 5. The molecule has 1 aliphatic rings. The summed E-state index contributed by atoms with van der Waals surface area (Å²) < 4.78 is 34.4. The lowest BCUT2D eigenvalue weighted by Gasteiger charge is -2.32. The van der Waals surface area contributed by atoms with Crippen LogP contribution in [0.2, 0.25) is 5.02 Å². The molecule has 1 fully saturated rings. The number of alkyl halides is 2. The van der Waals surface area contributed by atoms with E-state index in [2.05, 4.69) is 20.4 Å². The summed E-state index contributed by atoms with van der Waals surface area (Å²) >= 11 is 6.53. The SMILES string of the molecule is COc1c(C(C)n2nc(C(F)F)c3c(N)ncnc32)cc(Cl)c(C)c1C1CNC1.Cl.Cl. The molecule has 0 radical (unpaired) electrons. The molecular weight excluding hydrogens is 473 g/mol. The second kappa shape index (κ2) is 9.68. The Morgan fingerprint density at radius 2 is 1.97 bits per heavy atom. The predicted molar refractivity (Wildman–Crippen MR) is 121 cm³/mol. The van der Waals surface area contributed by atoms with Gasteiger partial charge in [-0.1, -0.05) is 11.6 Å². The Morgan fingerprint density at radius 1 is 1.29 bits per heavy atom. The van der Waals surface area contributed by atoms with Crippen molar-refractivity contribution in [3.05, 3.63) is 39.8 Å². The number of nitrogens with one attached hydrogen (secondary N) is 1. The number of nitrogens with two attached hydrogens (primary N) is 1. The maximum Gasteiger partial charge on any atom is 0.282 e. The molecule has 1 aliphatic heterocycles. The standard InChI is InChI=1S/C19H21ClF2N6O.2ClH/c1-8-12(20)4-11(16(29-3)13(8)10-5-24-6-10)9(2)28-19-14(15(27-28)17(21)22)18(23)25-7-26-19;;/h4,7,9-10,17,24H,5-6H2,1-3H3,(H2,23,25,26);2*1H. The number of fused-ring (bicyclic) bond motifs is 1. The quantitative estimate of drug-likeness (QED) is 0.543. The van der Waals surface area contributed by atoms with Crippen LogP contribution in [0.25, 0.3) is 11.0 Å². The monoisotopic (exact) mass is 494 g/mol. The van der Waals surface area contributed by atoms with E-state index in [4.69, 9.17) is 22.1 Å². The Balaban J connectivity index is 0.00000171. The molecular formula is C19H23Cl3F2N6O. The number of hydrogen-bond donors (Lipinski definition) is 2. The Morgan fingerprint density at radius 3 is 2.52 bits per heavy atom. The van der Waals surface area contributed by atoms with Gasteiger partial charge in [-0.15, -0.1) is 24.8 Å². The summed E-state index contributed by atoms with van der Waals surface area (Å²) in [5, 5.41) is 8.05. The number of hydrogen-bond acceptors (Lipinski definition) is 6. The molecule has 3 heterocycles. The van der Waals surface area contributed by atoms with E-state index in [0.717, 1.165) is 29.8 Å². The molecule has 1 atom stereocenters. The molecule has 170 valence electrons. The summed E-state index contributed by atoms with van der Waals surface area (Å²) in [5.41, 5.74) is 8.37. The van der Waals surface area contributed by atoms with E-state index >= 15 is 0 Å². The third kappa shape index (κ3) is 4.11. The molecule has 31 heavy (non-hydrogen) atoms. The summed E-state index contributed by atoms with van der Waals surface area (Å²) in [6.45, 7) is 5.45. The lowest BCUT2D eigenvalue weighted by molar-refractivity contribution is 0.146. The molecule has 0 saturated carbocycles. The van der Waals surface area contributed by atoms with E-state index in [1.54, 1.807) is 13.2 Å². The third-order valence-electron chi connectivity index (χ3n) is 5.51. The maximum atomic E-state index is 13.6. The molecule has 1 aromatic carbocycles. The Kier molecular flexibility index (Phi) is 7.91. The minimum Gasteiger partial charge on any atom is -0.496 e. The number of methoxy groups -OCH3 is 1. The zero-order chi connectivity index (χ0) is 20.9. The van der Waals surface area contributed by atoms with Crippen LogP contribution < -0.4 is 15.8 Å². The summed E-state index contributed by atoms with van der Waals surface area (Å²) in [4.78, 5) is 8.00. The van der Waals surface area contributed by atoms with Gasteiger partial charge in [-0.2, -0.15) is 5.10 Å². The summed E-state index contributed by atoms with van der Waals surface area (Å²) in [5.74, 6) is 0.938. The average molecular weight is 496 g/mol. The number of benzene rings is 1. The van der Waals surface area contributed by atoms with E-state index in [1.165, 1.54) is 11.0 Å². The second-order valence-corrected chi connectivity index (χ2v) is 7.55. The fraction of sp³-hybridized carbons (Fsp3) is 0.421. The van der Waals surface area contributed by atoms with Gasteiger partial charge >= 0.3 is 0 Å². The van der Waals surface area contributed by atoms with Crippen LogP contribution in [-0.4, -0.2) is 39.9 Å². The Bertz CT molecular complexity index is 1090. The van der Waals surface area contributed by atoms with E-state index in [1.807, 2.05) is 13.8 Å². The molecule has 0 aliphatic carbocycles. The predicted octanol–water partition coefficient (Wildman–Crippen LogP) is 4.46. The highest BCUT2D eigenvalue weighted by Crippen LogP contribution is 2.43. The van der Waals surface area contributed by atoms with Gasteiger partial charge in [0, 0.05) is 35.2 Å². The second-order valence-electron chi connectivity index (χ2n) is 7.14. The average Bonchev–Trinajstić information content (AvgIpc) is 3.04. The highest BCUT2D eigenvalue weighted by molar-refractivity contribution is 6.31. The van der Waals surface area contributed by atoms with E-state index in [9.17, 15) is 8.78 Å². The van der Waals surface area contributed by atoms with E-state index in [0.29, 0.717) is 10.8 Å². The molecule has 12 heteroatoms. The van der Waals surface area contributed by atoms with Crippen LogP contribution in [0.3, 0.4) is 0 Å². The fourth-order valence-electron chi connectivity index (χ4n) is 3.86. The number of anilines is 1. The van der Waals surface area contributed by atoms with Crippen molar-refractivity contribution >= 4 is 53.3 Å². The first-order valence-electron chi connectivity index (χ1n) is 9.19. The van der Waals surface area contributed by atoms with Gasteiger partial charge in [-0.05, 0) is 25.5 Å². The van der Waals surface area contributed by atoms with Gasteiger partial charge in [0.25, 0.3) is 6.43 Å². The van der Waals surface area contributed by atoms with Crippen LogP contribution in [0, 0.1) is 6.92 Å². The normalized spacial score (nSPS) is 14.7. The number of ether oxygens (including phenoxy) is 1. The third-order valence-corrected chi connectivity index (χ3v) is 5.91. The minimum absolute atomic E-state index is 0. The molecule has 2 aromatic heterocycles. The highest BCUT2D eigenvalue weighted by Gasteiger charge is 2.31. The van der Waals surface area contributed by atoms with Gasteiger partial charge in [-0.3, -0.25) is 0 Å². The molecule has 1 saturated heterocycles. The smallest absolute Gasteiger partial charge is 0.282 e. The molecule has 0 amide bonds. The summed E-state index contributed by atoms with van der Waals surface area (Å²) in [6, 6.07) is 1.33. The molecule has 0 spiro atoms. The van der Waals surface area contributed by atoms with Crippen molar-refractivity contribution in [3.8, 4) is 5.75 Å². The lowest BCUT2D eigenvalue weighted by Crippen LogP contribution is -2.40. The topological polar surface area (TPSA) is 90.9 Å². The van der Waals surface area contributed by atoms with Gasteiger partial charge in [0.15, 0.2) is 5.65 Å². The molecule has 0 bridgehead atoms. The molecule has 4 rings (SSSR count). The van der Waals surface area contributed by atoms with Crippen LogP contribution >= 0.6 is 36.4 Å². The van der Waals surface area contributed by atoms with Gasteiger partial charge < -0.3 is 15.8 Å². The van der Waals surface area contributed by atoms with Gasteiger partial charge in [-0.25, -0.2) is 23.4 Å². The molecule has 3 N–H and O–H groups in total. The lowest BCUT2D eigenvalue weighted by atomic mass is 9.86. The number of aromatic nitrogens is 4. The van der Waals surface area contributed by atoms with Crippen LogP contribution in [0.1, 0.15) is 47.7 Å². The van der Waals surface area contributed by atoms with Crippen LogP contribution in [0.5, 0.6) is 5.75 Å². The van der Waals surface area contributed by atoms with Crippen LogP contribution in [0.4, 0.5) is 14.6 Å². The van der Waals surface area contributed by atoms with Gasteiger partial charge in [0.05, 0.1) is 18.5 Å². The maximum absolute atomic E-state index is 13.6. The van der Waals surface area contributed by atoms with Gasteiger partial charge in [0.2, 0.25) is 0 Å². The Labute approximate surface area is 195 Å². The van der Waals surface area contributed by atoms with E-state index in [-0.39, 0.29) is 47.6 Å². The van der Waals surface area contributed by atoms with E-state index < -0.39 is 18.2 Å². The summed E-state index contributed by atoms with van der Waals surface area (Å²) in [6.07, 6.45) is -1.57. The van der Waals surface area contributed by atoms with Crippen molar-refractivity contribution < 1.29 is 13.5 Å². The number of nitrogens with zero attached hydrogens (tertiary/aromatic N) is 4. The fourth-order valence-corrected chi connectivity index (χ4v) is 4.08. The minimum atomic E-state index is -2.81.